The Balaban J connectivity index is 2.66. The lowest BCUT2D eigenvalue weighted by Crippen LogP contribution is -2.21. The maximum atomic E-state index is 12.9. The first kappa shape index (κ1) is 18.2. The maximum Gasteiger partial charge on any atom is 0.351 e. The summed E-state index contributed by atoms with van der Waals surface area (Å²) in [6.45, 7) is 1.62. The summed E-state index contributed by atoms with van der Waals surface area (Å²) in [7, 11) is -1.13. The van der Waals surface area contributed by atoms with E-state index in [-0.39, 0.29) is 11.8 Å². The van der Waals surface area contributed by atoms with Gasteiger partial charge in [0.25, 0.3) is 0 Å². The lowest BCUT2D eigenvalue weighted by Gasteiger charge is -2.12. The molecule has 0 unspecified atom stereocenters. The van der Waals surface area contributed by atoms with Crippen molar-refractivity contribution in [2.45, 2.75) is 11.9 Å². The SMILES string of the molecule is CCOC(=O)C(=CN(C)C)S(=O)(=O)c1nc2ccccc2nc1Cl. The number of para-hydroxylation sites is 2. The molecular formula is C15H16ClN3O4S. The topological polar surface area (TPSA) is 89.5 Å². The van der Waals surface area contributed by atoms with Gasteiger partial charge in [-0.25, -0.2) is 23.2 Å². The molecule has 0 aliphatic rings. The van der Waals surface area contributed by atoms with Crippen LogP contribution in [0.2, 0.25) is 5.15 Å². The van der Waals surface area contributed by atoms with E-state index in [0.717, 1.165) is 6.20 Å². The van der Waals surface area contributed by atoms with Gasteiger partial charge in [-0.2, -0.15) is 0 Å². The zero-order valence-corrected chi connectivity index (χ0v) is 14.9. The highest BCUT2D eigenvalue weighted by Crippen LogP contribution is 2.26. The molecular weight excluding hydrogens is 354 g/mol. The molecule has 0 atom stereocenters. The van der Waals surface area contributed by atoms with Gasteiger partial charge in [-0.05, 0) is 19.1 Å². The highest BCUT2D eigenvalue weighted by atomic mass is 35.5. The van der Waals surface area contributed by atoms with Crippen LogP contribution in [-0.4, -0.2) is 50.0 Å². The second-order valence-corrected chi connectivity index (χ2v) is 7.18. The fraction of sp³-hybridized carbons (Fsp3) is 0.267. The number of ether oxygens (including phenoxy) is 1. The van der Waals surface area contributed by atoms with Crippen molar-refractivity contribution in [2.24, 2.45) is 0 Å². The Labute approximate surface area is 144 Å². The van der Waals surface area contributed by atoms with E-state index in [1.165, 1.54) is 4.90 Å². The van der Waals surface area contributed by atoms with Crippen LogP contribution >= 0.6 is 11.6 Å². The van der Waals surface area contributed by atoms with Crippen molar-refractivity contribution in [1.29, 1.82) is 0 Å². The molecule has 0 saturated carbocycles. The van der Waals surface area contributed by atoms with E-state index >= 15 is 0 Å². The third-order valence-corrected chi connectivity index (χ3v) is 4.92. The van der Waals surface area contributed by atoms with Crippen molar-refractivity contribution in [3.05, 3.63) is 40.5 Å². The predicted octanol–water partition coefficient (Wildman–Crippen LogP) is 2.02. The van der Waals surface area contributed by atoms with Crippen molar-refractivity contribution >= 4 is 38.4 Å². The summed E-state index contributed by atoms with van der Waals surface area (Å²) in [6.07, 6.45) is 1.15. The Bertz CT molecular complexity index is 910. The summed E-state index contributed by atoms with van der Waals surface area (Å²) < 4.78 is 30.6. The highest BCUT2D eigenvalue weighted by molar-refractivity contribution is 7.96. The molecule has 2 aromatic rings. The van der Waals surface area contributed by atoms with E-state index < -0.39 is 25.7 Å². The minimum Gasteiger partial charge on any atom is -0.462 e. The fourth-order valence-electron chi connectivity index (χ4n) is 1.91. The number of hydrogen-bond donors (Lipinski definition) is 0. The number of nitrogens with zero attached hydrogens (tertiary/aromatic N) is 3. The fourth-order valence-corrected chi connectivity index (χ4v) is 3.67. The molecule has 0 saturated heterocycles. The van der Waals surface area contributed by atoms with Gasteiger partial charge in [0.1, 0.15) is 0 Å². The summed E-state index contributed by atoms with van der Waals surface area (Å²) in [5, 5.41) is -0.785. The van der Waals surface area contributed by atoms with Gasteiger partial charge in [-0.1, -0.05) is 23.7 Å². The monoisotopic (exact) mass is 369 g/mol. The lowest BCUT2D eigenvalue weighted by molar-refractivity contribution is -0.137. The highest BCUT2D eigenvalue weighted by Gasteiger charge is 2.33. The van der Waals surface area contributed by atoms with Crippen LogP contribution in [-0.2, 0) is 19.4 Å². The quantitative estimate of drug-likeness (QED) is 0.588. The number of fused-ring (bicyclic) bond motifs is 1. The molecule has 2 rings (SSSR count). The first-order valence-corrected chi connectivity index (χ1v) is 8.86. The van der Waals surface area contributed by atoms with Gasteiger partial charge in [0.2, 0.25) is 9.84 Å². The Kier molecular flexibility index (Phi) is 5.40. The van der Waals surface area contributed by atoms with Crippen molar-refractivity contribution in [3.8, 4) is 0 Å². The number of esters is 1. The Morgan fingerprint density at radius 3 is 2.38 bits per heavy atom. The molecule has 7 nitrogen and oxygen atoms in total. The molecule has 1 aromatic heterocycles. The van der Waals surface area contributed by atoms with Gasteiger partial charge >= 0.3 is 5.97 Å². The minimum atomic E-state index is -4.30. The van der Waals surface area contributed by atoms with Crippen molar-refractivity contribution < 1.29 is 17.9 Å². The third kappa shape index (κ3) is 3.65. The molecule has 0 spiro atoms. The number of benzene rings is 1. The van der Waals surface area contributed by atoms with E-state index in [9.17, 15) is 13.2 Å². The average molecular weight is 370 g/mol. The van der Waals surface area contributed by atoms with Crippen molar-refractivity contribution in [1.82, 2.24) is 14.9 Å². The third-order valence-electron chi connectivity index (χ3n) is 2.89. The van der Waals surface area contributed by atoms with Gasteiger partial charge in [0.05, 0.1) is 17.6 Å². The Morgan fingerprint density at radius 2 is 1.83 bits per heavy atom. The molecule has 0 bridgehead atoms. The van der Waals surface area contributed by atoms with Crippen LogP contribution < -0.4 is 0 Å². The number of carbonyl (C=O) groups excluding carboxylic acids is 1. The van der Waals surface area contributed by atoms with Gasteiger partial charge in [0.15, 0.2) is 15.1 Å². The van der Waals surface area contributed by atoms with Crippen LogP contribution in [0.25, 0.3) is 11.0 Å². The average Bonchev–Trinajstić information content (AvgIpc) is 2.51. The Hall–Kier alpha value is -2.19. The molecule has 0 aliphatic heterocycles. The molecule has 0 amide bonds. The van der Waals surface area contributed by atoms with Crippen LogP contribution in [0.1, 0.15) is 6.92 Å². The first-order valence-electron chi connectivity index (χ1n) is 7.00. The summed E-state index contributed by atoms with van der Waals surface area (Å²) in [5.74, 6) is -0.975. The number of rotatable bonds is 5. The van der Waals surface area contributed by atoms with Gasteiger partial charge < -0.3 is 9.64 Å². The number of hydrogen-bond acceptors (Lipinski definition) is 7. The molecule has 1 aromatic carbocycles. The molecule has 1 heterocycles. The molecule has 0 aliphatic carbocycles. The van der Waals surface area contributed by atoms with E-state index in [1.807, 2.05) is 0 Å². The minimum absolute atomic E-state index is 0.0379. The van der Waals surface area contributed by atoms with Crippen LogP contribution in [0.4, 0.5) is 0 Å². The van der Waals surface area contributed by atoms with Crippen molar-refractivity contribution in [3.63, 3.8) is 0 Å². The molecule has 0 radical (unpaired) electrons. The van der Waals surface area contributed by atoms with E-state index in [4.69, 9.17) is 16.3 Å². The molecule has 24 heavy (non-hydrogen) atoms. The second-order valence-electron chi connectivity index (χ2n) is 4.99. The van der Waals surface area contributed by atoms with Crippen LogP contribution in [0.3, 0.4) is 0 Å². The summed E-state index contributed by atoms with van der Waals surface area (Å²) in [5.41, 5.74) is 0.810. The number of carbonyl (C=O) groups is 1. The maximum absolute atomic E-state index is 12.9. The van der Waals surface area contributed by atoms with Crippen LogP contribution in [0, 0.1) is 0 Å². The summed E-state index contributed by atoms with van der Waals surface area (Å²) in [6, 6.07) is 6.70. The zero-order chi connectivity index (χ0) is 17.9. The summed E-state index contributed by atoms with van der Waals surface area (Å²) in [4.78, 5) is 21.1. The zero-order valence-electron chi connectivity index (χ0n) is 13.4. The summed E-state index contributed by atoms with van der Waals surface area (Å²) >= 11 is 6.00. The largest absolute Gasteiger partial charge is 0.462 e. The van der Waals surface area contributed by atoms with Crippen molar-refractivity contribution in [2.75, 3.05) is 20.7 Å². The van der Waals surface area contributed by atoms with Gasteiger partial charge in [-0.15, -0.1) is 0 Å². The first-order chi connectivity index (χ1) is 11.3. The smallest absolute Gasteiger partial charge is 0.351 e. The number of aromatic nitrogens is 2. The van der Waals surface area contributed by atoms with Crippen LogP contribution in [0.5, 0.6) is 0 Å². The lowest BCUT2D eigenvalue weighted by atomic mass is 10.3. The number of halogens is 1. The number of sulfone groups is 1. The molecule has 128 valence electrons. The van der Waals surface area contributed by atoms with E-state index in [2.05, 4.69) is 9.97 Å². The van der Waals surface area contributed by atoms with Gasteiger partial charge in [0, 0.05) is 20.3 Å². The Morgan fingerprint density at radius 1 is 1.25 bits per heavy atom. The predicted molar refractivity (Wildman–Crippen MR) is 90.1 cm³/mol. The normalized spacial score (nSPS) is 12.2. The standard InChI is InChI=1S/C15H16ClN3O4S/c1-4-23-15(20)12(9-19(2)3)24(21,22)14-13(16)17-10-7-5-6-8-11(10)18-14/h5-9H,4H2,1-3H3. The van der Waals surface area contributed by atoms with Crippen LogP contribution in [0.15, 0.2) is 40.4 Å². The molecule has 0 fully saturated rings. The molecule has 0 N–H and O–H groups in total. The second kappa shape index (κ2) is 7.14. The van der Waals surface area contributed by atoms with Gasteiger partial charge in [-0.3, -0.25) is 0 Å². The molecule has 9 heteroatoms. The van der Waals surface area contributed by atoms with E-state index in [0.29, 0.717) is 11.0 Å². The van der Waals surface area contributed by atoms with E-state index in [1.54, 1.807) is 45.3 Å².